The summed E-state index contributed by atoms with van der Waals surface area (Å²) in [5.41, 5.74) is 1.28. The van der Waals surface area contributed by atoms with Gasteiger partial charge in [0.25, 0.3) is 0 Å². The second-order valence-corrected chi connectivity index (χ2v) is 5.99. The minimum atomic E-state index is 0.00370. The number of likely N-dealkylation sites (tertiary alicyclic amines) is 1. The number of nitrogens with one attached hydrogen (secondary N) is 1. The van der Waals surface area contributed by atoms with Crippen molar-refractivity contribution in [3.63, 3.8) is 0 Å². The van der Waals surface area contributed by atoms with Crippen molar-refractivity contribution >= 4 is 21.8 Å². The summed E-state index contributed by atoms with van der Waals surface area (Å²) in [6.45, 7) is 2.99. The number of rotatable bonds is 2. The fourth-order valence-corrected chi connectivity index (χ4v) is 3.19. The first-order chi connectivity index (χ1) is 9.22. The second kappa shape index (κ2) is 5.61. The van der Waals surface area contributed by atoms with Crippen LogP contribution in [0.15, 0.2) is 28.7 Å². The topological polar surface area (TPSA) is 41.6 Å². The summed E-state index contributed by atoms with van der Waals surface area (Å²) in [6, 6.07) is 8.41. The predicted octanol–water partition coefficient (Wildman–Crippen LogP) is 1.54. The molecule has 0 aromatic heterocycles. The van der Waals surface area contributed by atoms with E-state index in [0.29, 0.717) is 0 Å². The fourth-order valence-electron chi connectivity index (χ4n) is 2.78. The molecule has 2 aliphatic heterocycles. The molecule has 2 aliphatic rings. The molecule has 1 N–H and O–H groups in total. The number of fused-ring (bicyclic) bond motifs is 1. The van der Waals surface area contributed by atoms with Gasteiger partial charge < -0.3 is 10.1 Å². The van der Waals surface area contributed by atoms with Gasteiger partial charge in [0, 0.05) is 24.1 Å². The van der Waals surface area contributed by atoms with Crippen LogP contribution in [0.3, 0.4) is 0 Å². The highest BCUT2D eigenvalue weighted by Gasteiger charge is 2.34. The minimum Gasteiger partial charge on any atom is -0.366 e. The lowest BCUT2D eigenvalue weighted by molar-refractivity contribution is -0.140. The standard InChI is InChI=1S/C14H17BrN2O2/c15-11-4-2-1-3-10(11)7-17-6-5-13-12(8-17)16-14(18)9-19-13/h1-4,12-13H,5-9H2,(H,16,18)/t12-,13+/m0/s1. The van der Waals surface area contributed by atoms with Crippen LogP contribution in [0.4, 0.5) is 0 Å². The highest BCUT2D eigenvalue weighted by atomic mass is 79.9. The van der Waals surface area contributed by atoms with Crippen LogP contribution >= 0.6 is 15.9 Å². The maximum atomic E-state index is 11.4. The molecule has 1 amide bonds. The Morgan fingerprint density at radius 1 is 1.42 bits per heavy atom. The van der Waals surface area contributed by atoms with Gasteiger partial charge in [-0.25, -0.2) is 0 Å². The van der Waals surface area contributed by atoms with E-state index in [0.717, 1.165) is 30.5 Å². The summed E-state index contributed by atoms with van der Waals surface area (Å²) >= 11 is 3.58. The smallest absolute Gasteiger partial charge is 0.246 e. The fraction of sp³-hybridized carbons (Fsp3) is 0.500. The first-order valence-corrected chi connectivity index (χ1v) is 7.38. The number of piperidine rings is 1. The van der Waals surface area contributed by atoms with E-state index in [9.17, 15) is 4.79 Å². The third-order valence-electron chi connectivity index (χ3n) is 3.76. The molecule has 102 valence electrons. The molecular formula is C14H17BrN2O2. The lowest BCUT2D eigenvalue weighted by Crippen LogP contribution is -2.60. The van der Waals surface area contributed by atoms with Gasteiger partial charge in [-0.05, 0) is 18.1 Å². The minimum absolute atomic E-state index is 0.00370. The Hall–Kier alpha value is -0.910. The van der Waals surface area contributed by atoms with Crippen molar-refractivity contribution in [2.45, 2.75) is 25.1 Å². The Morgan fingerprint density at radius 2 is 2.26 bits per heavy atom. The van der Waals surface area contributed by atoms with Crippen molar-refractivity contribution in [1.29, 1.82) is 0 Å². The monoisotopic (exact) mass is 324 g/mol. The third kappa shape index (κ3) is 2.99. The van der Waals surface area contributed by atoms with Gasteiger partial charge >= 0.3 is 0 Å². The molecule has 5 heteroatoms. The number of ether oxygens (including phenoxy) is 1. The molecule has 2 heterocycles. The van der Waals surface area contributed by atoms with Gasteiger partial charge in [-0.2, -0.15) is 0 Å². The van der Waals surface area contributed by atoms with Crippen molar-refractivity contribution in [3.8, 4) is 0 Å². The predicted molar refractivity (Wildman–Crippen MR) is 75.7 cm³/mol. The van der Waals surface area contributed by atoms with Gasteiger partial charge in [0.1, 0.15) is 6.61 Å². The van der Waals surface area contributed by atoms with Gasteiger partial charge in [-0.1, -0.05) is 34.1 Å². The van der Waals surface area contributed by atoms with Crippen LogP contribution in [0.2, 0.25) is 0 Å². The van der Waals surface area contributed by atoms with Crippen LogP contribution in [-0.2, 0) is 16.1 Å². The molecule has 0 saturated carbocycles. The first kappa shape index (κ1) is 13.1. The number of morpholine rings is 1. The van der Waals surface area contributed by atoms with E-state index in [1.54, 1.807) is 0 Å². The van der Waals surface area contributed by atoms with E-state index in [1.165, 1.54) is 5.56 Å². The molecule has 4 nitrogen and oxygen atoms in total. The molecule has 3 rings (SSSR count). The number of hydrogen-bond acceptors (Lipinski definition) is 3. The van der Waals surface area contributed by atoms with E-state index in [1.807, 2.05) is 6.07 Å². The normalized spacial score (nSPS) is 27.7. The van der Waals surface area contributed by atoms with E-state index in [-0.39, 0.29) is 24.7 Å². The number of nitrogens with zero attached hydrogens (tertiary/aromatic N) is 1. The highest BCUT2D eigenvalue weighted by molar-refractivity contribution is 9.10. The van der Waals surface area contributed by atoms with Gasteiger partial charge in [-0.3, -0.25) is 9.69 Å². The lowest BCUT2D eigenvalue weighted by atomic mass is 10.00. The molecule has 0 spiro atoms. The Balaban J connectivity index is 1.64. The number of carbonyl (C=O) groups excluding carboxylic acids is 1. The summed E-state index contributed by atoms with van der Waals surface area (Å²) in [7, 11) is 0. The number of benzene rings is 1. The summed E-state index contributed by atoms with van der Waals surface area (Å²) in [5, 5.41) is 3.03. The molecule has 0 aliphatic carbocycles. The first-order valence-electron chi connectivity index (χ1n) is 6.59. The molecular weight excluding hydrogens is 308 g/mol. The number of halogens is 1. The Labute approximate surface area is 121 Å². The van der Waals surface area contributed by atoms with Crippen molar-refractivity contribution in [2.24, 2.45) is 0 Å². The molecule has 1 aromatic carbocycles. The van der Waals surface area contributed by atoms with Gasteiger partial charge in [0.2, 0.25) is 5.91 Å². The molecule has 2 fully saturated rings. The van der Waals surface area contributed by atoms with E-state index >= 15 is 0 Å². The van der Waals surface area contributed by atoms with Gasteiger partial charge in [0.05, 0.1) is 12.1 Å². The van der Waals surface area contributed by atoms with Crippen molar-refractivity contribution in [2.75, 3.05) is 19.7 Å². The van der Waals surface area contributed by atoms with Crippen LogP contribution in [0.1, 0.15) is 12.0 Å². The molecule has 0 radical (unpaired) electrons. The Morgan fingerprint density at radius 3 is 3.11 bits per heavy atom. The van der Waals surface area contributed by atoms with Crippen molar-refractivity contribution in [3.05, 3.63) is 34.3 Å². The summed E-state index contributed by atoms with van der Waals surface area (Å²) in [6.07, 6.45) is 1.17. The van der Waals surface area contributed by atoms with Crippen LogP contribution in [0.25, 0.3) is 0 Å². The molecule has 2 atom stereocenters. The van der Waals surface area contributed by atoms with Gasteiger partial charge in [0.15, 0.2) is 0 Å². The van der Waals surface area contributed by atoms with Crippen LogP contribution in [0, 0.1) is 0 Å². The maximum Gasteiger partial charge on any atom is 0.246 e. The van der Waals surface area contributed by atoms with Gasteiger partial charge in [-0.15, -0.1) is 0 Å². The molecule has 1 aromatic rings. The summed E-state index contributed by atoms with van der Waals surface area (Å²) in [5.74, 6) is 0.00370. The highest BCUT2D eigenvalue weighted by Crippen LogP contribution is 2.22. The largest absolute Gasteiger partial charge is 0.366 e. The van der Waals surface area contributed by atoms with E-state index < -0.39 is 0 Å². The number of carbonyl (C=O) groups is 1. The zero-order valence-electron chi connectivity index (χ0n) is 10.6. The Kier molecular flexibility index (Phi) is 3.86. The van der Waals surface area contributed by atoms with Crippen molar-refractivity contribution in [1.82, 2.24) is 10.2 Å². The number of hydrogen-bond donors (Lipinski definition) is 1. The third-order valence-corrected chi connectivity index (χ3v) is 4.53. The second-order valence-electron chi connectivity index (χ2n) is 5.14. The molecule has 19 heavy (non-hydrogen) atoms. The zero-order valence-corrected chi connectivity index (χ0v) is 12.2. The van der Waals surface area contributed by atoms with E-state index in [4.69, 9.17) is 4.74 Å². The SMILES string of the molecule is O=C1CO[C@@H]2CCN(Cc3ccccc3Br)C[C@@H]2N1. The number of amides is 1. The van der Waals surface area contributed by atoms with E-state index in [2.05, 4.69) is 44.3 Å². The molecule has 2 saturated heterocycles. The Bertz CT molecular complexity index is 480. The maximum absolute atomic E-state index is 11.4. The average molecular weight is 325 g/mol. The van der Waals surface area contributed by atoms with Crippen LogP contribution in [0.5, 0.6) is 0 Å². The van der Waals surface area contributed by atoms with Crippen LogP contribution in [-0.4, -0.2) is 42.6 Å². The molecule has 0 bridgehead atoms. The zero-order chi connectivity index (χ0) is 13.2. The van der Waals surface area contributed by atoms with Crippen LogP contribution < -0.4 is 5.32 Å². The summed E-state index contributed by atoms with van der Waals surface area (Å²) in [4.78, 5) is 13.7. The lowest BCUT2D eigenvalue weighted by Gasteiger charge is -2.41. The summed E-state index contributed by atoms with van der Waals surface area (Å²) < 4.78 is 6.71. The quantitative estimate of drug-likeness (QED) is 0.897. The molecule has 0 unspecified atom stereocenters. The average Bonchev–Trinajstić information content (AvgIpc) is 2.41. The van der Waals surface area contributed by atoms with Crippen molar-refractivity contribution < 1.29 is 9.53 Å².